The van der Waals surface area contributed by atoms with E-state index < -0.39 is 6.04 Å². The number of carbonyl (C=O) groups excluding carboxylic acids is 2. The highest BCUT2D eigenvalue weighted by atomic mass is 32.1. The summed E-state index contributed by atoms with van der Waals surface area (Å²) in [5.41, 5.74) is 1.90. The molecule has 3 amide bonds. The first-order valence-electron chi connectivity index (χ1n) is 7.78. The minimum Gasteiger partial charge on any atom is -0.309 e. The maximum absolute atomic E-state index is 12.9. The fraction of sp³-hybridized carbons (Fsp3) is 0.353. The zero-order valence-corrected chi connectivity index (χ0v) is 13.6. The first-order valence-corrected chi connectivity index (χ1v) is 8.56. The Bertz CT molecular complexity index is 754. The van der Waals surface area contributed by atoms with E-state index in [9.17, 15) is 9.59 Å². The number of amides is 3. The SMILES string of the molecule is Cc1cc(N2C(=O)C(Cc3ccccc3)N(C3CC3)C2=O)sn1. The van der Waals surface area contributed by atoms with Gasteiger partial charge in [0.25, 0.3) is 5.91 Å². The number of benzene rings is 1. The number of imide groups is 1. The molecule has 0 spiro atoms. The fourth-order valence-corrected chi connectivity index (χ4v) is 3.82. The molecule has 0 radical (unpaired) electrons. The number of nitrogens with zero attached hydrogens (tertiary/aromatic N) is 3. The van der Waals surface area contributed by atoms with Crippen molar-refractivity contribution in [2.24, 2.45) is 0 Å². The third-order valence-corrected chi connectivity index (χ3v) is 5.17. The molecule has 2 aromatic rings. The number of hydrogen-bond acceptors (Lipinski definition) is 4. The van der Waals surface area contributed by atoms with Crippen LogP contribution in [0, 0.1) is 6.92 Å². The third-order valence-electron chi connectivity index (χ3n) is 4.30. The maximum Gasteiger partial charge on any atom is 0.333 e. The smallest absolute Gasteiger partial charge is 0.309 e. The third kappa shape index (κ3) is 2.53. The van der Waals surface area contributed by atoms with Crippen LogP contribution in [-0.4, -0.2) is 33.3 Å². The number of anilines is 1. The topological polar surface area (TPSA) is 53.5 Å². The Kier molecular flexibility index (Phi) is 3.41. The number of carbonyl (C=O) groups is 2. The molecule has 0 N–H and O–H groups in total. The molecule has 2 heterocycles. The summed E-state index contributed by atoms with van der Waals surface area (Å²) in [4.78, 5) is 28.8. The van der Waals surface area contributed by atoms with Gasteiger partial charge in [0, 0.05) is 12.5 Å². The monoisotopic (exact) mass is 327 g/mol. The van der Waals surface area contributed by atoms with Gasteiger partial charge in [-0.1, -0.05) is 30.3 Å². The molecule has 1 unspecified atom stereocenters. The van der Waals surface area contributed by atoms with Crippen molar-refractivity contribution in [3.8, 4) is 0 Å². The normalized spacial score (nSPS) is 21.3. The lowest BCUT2D eigenvalue weighted by Crippen LogP contribution is -2.38. The van der Waals surface area contributed by atoms with Crippen molar-refractivity contribution in [1.29, 1.82) is 0 Å². The van der Waals surface area contributed by atoms with Crippen LogP contribution in [0.4, 0.5) is 9.80 Å². The van der Waals surface area contributed by atoms with E-state index in [-0.39, 0.29) is 18.0 Å². The number of urea groups is 1. The second-order valence-corrected chi connectivity index (χ2v) is 6.89. The van der Waals surface area contributed by atoms with Crippen molar-refractivity contribution in [3.05, 3.63) is 47.7 Å². The molecule has 6 heteroatoms. The molecule has 0 bridgehead atoms. The van der Waals surface area contributed by atoms with Gasteiger partial charge in [0.05, 0.1) is 5.69 Å². The standard InChI is InChI=1S/C17H17N3O2S/c1-11-9-15(23-18-11)20-16(21)14(10-12-5-3-2-4-6-12)19(17(20)22)13-7-8-13/h2-6,9,13-14H,7-8,10H2,1H3. The maximum atomic E-state index is 12.9. The van der Waals surface area contributed by atoms with E-state index >= 15 is 0 Å². The van der Waals surface area contributed by atoms with Crippen LogP contribution in [-0.2, 0) is 11.2 Å². The fourth-order valence-electron chi connectivity index (χ4n) is 3.06. The molecule has 118 valence electrons. The molecular formula is C17H17N3O2S. The lowest BCUT2D eigenvalue weighted by atomic mass is 10.0. The number of aryl methyl sites for hydroxylation is 1. The zero-order valence-electron chi connectivity index (χ0n) is 12.8. The van der Waals surface area contributed by atoms with Crippen LogP contribution in [0.3, 0.4) is 0 Å². The molecular weight excluding hydrogens is 310 g/mol. The Labute approximate surface area is 138 Å². The zero-order chi connectivity index (χ0) is 16.0. The molecule has 23 heavy (non-hydrogen) atoms. The minimum absolute atomic E-state index is 0.130. The van der Waals surface area contributed by atoms with Crippen LogP contribution in [0.1, 0.15) is 24.1 Å². The highest BCUT2D eigenvalue weighted by Crippen LogP contribution is 2.37. The molecule has 1 saturated heterocycles. The van der Waals surface area contributed by atoms with Crippen LogP contribution < -0.4 is 4.90 Å². The number of rotatable bonds is 4. The van der Waals surface area contributed by atoms with Gasteiger partial charge in [-0.25, -0.2) is 9.69 Å². The summed E-state index contributed by atoms with van der Waals surface area (Å²) in [7, 11) is 0. The molecule has 1 aromatic carbocycles. The lowest BCUT2D eigenvalue weighted by Gasteiger charge is -2.21. The van der Waals surface area contributed by atoms with E-state index in [2.05, 4.69) is 4.37 Å². The minimum atomic E-state index is -0.403. The van der Waals surface area contributed by atoms with Crippen LogP contribution >= 0.6 is 11.5 Å². The number of hydrogen-bond donors (Lipinski definition) is 0. The number of aromatic nitrogens is 1. The predicted molar refractivity (Wildman–Crippen MR) is 88.5 cm³/mol. The average Bonchev–Trinajstić information content (AvgIpc) is 3.24. The van der Waals surface area contributed by atoms with Gasteiger partial charge in [-0.3, -0.25) is 4.79 Å². The van der Waals surface area contributed by atoms with Gasteiger partial charge in [0.2, 0.25) is 0 Å². The highest BCUT2D eigenvalue weighted by molar-refractivity contribution is 7.10. The lowest BCUT2D eigenvalue weighted by molar-refractivity contribution is -0.119. The quantitative estimate of drug-likeness (QED) is 0.811. The van der Waals surface area contributed by atoms with Gasteiger partial charge in [-0.05, 0) is 42.9 Å². The van der Waals surface area contributed by atoms with Gasteiger partial charge in [0.1, 0.15) is 11.0 Å². The summed E-state index contributed by atoms with van der Waals surface area (Å²) < 4.78 is 4.20. The van der Waals surface area contributed by atoms with E-state index in [0.717, 1.165) is 24.1 Å². The Hall–Kier alpha value is -2.21. The van der Waals surface area contributed by atoms with Crippen molar-refractivity contribution < 1.29 is 9.59 Å². The molecule has 1 aliphatic carbocycles. The van der Waals surface area contributed by atoms with Crippen molar-refractivity contribution >= 4 is 28.5 Å². The van der Waals surface area contributed by atoms with Gasteiger partial charge in [0.15, 0.2) is 0 Å². The molecule has 2 fully saturated rings. The summed E-state index contributed by atoms with van der Waals surface area (Å²) in [6.07, 6.45) is 2.54. The van der Waals surface area contributed by atoms with Crippen LogP contribution in [0.25, 0.3) is 0 Å². The molecule has 4 rings (SSSR count). The van der Waals surface area contributed by atoms with Crippen molar-refractivity contribution in [3.63, 3.8) is 0 Å². The van der Waals surface area contributed by atoms with E-state index in [1.54, 1.807) is 11.0 Å². The summed E-state index contributed by atoms with van der Waals surface area (Å²) in [5.74, 6) is -0.130. The Morgan fingerprint density at radius 1 is 1.22 bits per heavy atom. The summed E-state index contributed by atoms with van der Waals surface area (Å²) >= 11 is 1.20. The molecule has 1 aliphatic heterocycles. The first-order chi connectivity index (χ1) is 11.1. The molecule has 1 saturated carbocycles. The van der Waals surface area contributed by atoms with Crippen LogP contribution in [0.5, 0.6) is 0 Å². The Balaban J connectivity index is 1.67. The van der Waals surface area contributed by atoms with Crippen molar-refractivity contribution in [2.45, 2.75) is 38.3 Å². The first kappa shape index (κ1) is 14.4. The Morgan fingerprint density at radius 2 is 1.96 bits per heavy atom. The molecule has 1 aromatic heterocycles. The van der Waals surface area contributed by atoms with Gasteiger partial charge in [-0.15, -0.1) is 0 Å². The predicted octanol–water partition coefficient (Wildman–Crippen LogP) is 2.99. The van der Waals surface area contributed by atoms with Crippen molar-refractivity contribution in [1.82, 2.24) is 9.27 Å². The van der Waals surface area contributed by atoms with E-state index in [1.807, 2.05) is 37.3 Å². The summed E-state index contributed by atoms with van der Waals surface area (Å²) in [6, 6.07) is 11.3. The van der Waals surface area contributed by atoms with Crippen molar-refractivity contribution in [2.75, 3.05) is 4.90 Å². The Morgan fingerprint density at radius 3 is 2.57 bits per heavy atom. The van der Waals surface area contributed by atoms with Gasteiger partial charge >= 0.3 is 6.03 Å². The average molecular weight is 327 g/mol. The largest absolute Gasteiger partial charge is 0.333 e. The van der Waals surface area contributed by atoms with E-state index in [0.29, 0.717) is 11.4 Å². The molecule has 1 atom stereocenters. The second kappa shape index (κ2) is 5.45. The molecule has 2 aliphatic rings. The summed E-state index contributed by atoms with van der Waals surface area (Å²) in [5, 5.41) is 0.624. The van der Waals surface area contributed by atoms with E-state index in [1.165, 1.54) is 16.4 Å². The van der Waals surface area contributed by atoms with Crippen LogP contribution in [0.2, 0.25) is 0 Å². The van der Waals surface area contributed by atoms with E-state index in [4.69, 9.17) is 0 Å². The van der Waals surface area contributed by atoms with Gasteiger partial charge < -0.3 is 4.90 Å². The van der Waals surface area contributed by atoms with Gasteiger partial charge in [-0.2, -0.15) is 4.37 Å². The summed E-state index contributed by atoms with van der Waals surface area (Å²) in [6.45, 7) is 1.87. The van der Waals surface area contributed by atoms with Crippen LogP contribution in [0.15, 0.2) is 36.4 Å². The highest BCUT2D eigenvalue weighted by Gasteiger charge is 2.51. The molecule has 5 nitrogen and oxygen atoms in total. The second-order valence-electron chi connectivity index (χ2n) is 6.11.